The first-order valence-electron chi connectivity index (χ1n) is 9.86. The molecule has 0 aliphatic carbocycles. The number of amides is 1. The molecule has 1 amide bonds. The van der Waals surface area contributed by atoms with E-state index in [1.807, 2.05) is 26.1 Å². The summed E-state index contributed by atoms with van der Waals surface area (Å²) < 4.78 is 16.7. The number of rotatable bonds is 7. The van der Waals surface area contributed by atoms with Crippen molar-refractivity contribution < 1.29 is 19.0 Å². The summed E-state index contributed by atoms with van der Waals surface area (Å²) in [5, 5.41) is 2.97. The number of nitrogens with one attached hydrogen (secondary N) is 1. The van der Waals surface area contributed by atoms with E-state index in [1.165, 1.54) is 0 Å². The Morgan fingerprint density at radius 3 is 2.59 bits per heavy atom. The molecule has 1 unspecified atom stereocenters. The van der Waals surface area contributed by atoms with Crippen molar-refractivity contribution in [3.8, 4) is 17.2 Å². The number of hydrogen-bond donors (Lipinski definition) is 1. The lowest BCUT2D eigenvalue weighted by Crippen LogP contribution is -2.47. The molecule has 1 aromatic heterocycles. The van der Waals surface area contributed by atoms with E-state index in [4.69, 9.17) is 14.2 Å². The van der Waals surface area contributed by atoms with Crippen molar-refractivity contribution in [2.75, 3.05) is 32.6 Å². The van der Waals surface area contributed by atoms with Crippen LogP contribution < -0.4 is 19.5 Å². The Bertz CT molecular complexity index is 835. The third kappa shape index (κ3) is 5.17. The minimum Gasteiger partial charge on any atom is -0.497 e. The maximum Gasteiger partial charge on any atom is 0.241 e. The van der Waals surface area contributed by atoms with Gasteiger partial charge in [-0.1, -0.05) is 0 Å². The van der Waals surface area contributed by atoms with Crippen molar-refractivity contribution in [1.82, 2.24) is 9.88 Å². The van der Waals surface area contributed by atoms with Gasteiger partial charge >= 0.3 is 0 Å². The normalized spacial score (nSPS) is 16.1. The monoisotopic (exact) mass is 399 g/mol. The molecular formula is C22H29N3O4. The van der Waals surface area contributed by atoms with E-state index in [0.29, 0.717) is 17.2 Å². The Balaban J connectivity index is 1.54. The highest BCUT2D eigenvalue weighted by atomic mass is 16.5. The minimum atomic E-state index is -0.245. The second-order valence-corrected chi connectivity index (χ2v) is 7.23. The van der Waals surface area contributed by atoms with Crippen molar-refractivity contribution in [2.45, 2.75) is 38.8 Å². The number of aromatic nitrogens is 1. The molecule has 1 atom stereocenters. The molecule has 3 rings (SSSR count). The van der Waals surface area contributed by atoms with Crippen molar-refractivity contribution in [1.29, 1.82) is 0 Å². The van der Waals surface area contributed by atoms with Crippen LogP contribution in [0, 0.1) is 6.92 Å². The summed E-state index contributed by atoms with van der Waals surface area (Å²) in [6.45, 7) is 5.54. The molecular weight excluding hydrogens is 370 g/mol. The highest BCUT2D eigenvalue weighted by molar-refractivity contribution is 5.96. The van der Waals surface area contributed by atoms with Crippen LogP contribution in [0.1, 0.15) is 25.3 Å². The summed E-state index contributed by atoms with van der Waals surface area (Å²) in [4.78, 5) is 19.1. The van der Waals surface area contributed by atoms with Crippen molar-refractivity contribution in [3.63, 3.8) is 0 Å². The largest absolute Gasteiger partial charge is 0.497 e. The zero-order chi connectivity index (χ0) is 20.8. The van der Waals surface area contributed by atoms with E-state index >= 15 is 0 Å². The number of piperidine rings is 1. The predicted molar refractivity (Wildman–Crippen MR) is 112 cm³/mol. The molecule has 1 fully saturated rings. The van der Waals surface area contributed by atoms with Crippen LogP contribution in [0.3, 0.4) is 0 Å². The molecule has 0 spiro atoms. The van der Waals surface area contributed by atoms with E-state index in [0.717, 1.165) is 37.2 Å². The standard InChI is InChI=1S/C22H29N3O4/c1-15-14-23-10-7-20(15)29-17-8-11-25(12-9-17)16(2)22(26)24-19-6-5-18(27-3)13-21(19)28-4/h5-7,10,13-14,16-17H,8-9,11-12H2,1-4H3,(H,24,26). The van der Waals surface area contributed by atoms with Crippen LogP contribution >= 0.6 is 0 Å². The SMILES string of the molecule is COc1ccc(NC(=O)C(C)N2CCC(Oc3ccncc3C)CC2)c(OC)c1. The van der Waals surface area contributed by atoms with Crippen LogP contribution in [-0.2, 0) is 4.79 Å². The van der Waals surface area contributed by atoms with E-state index in [-0.39, 0.29) is 18.1 Å². The smallest absolute Gasteiger partial charge is 0.241 e. The van der Waals surface area contributed by atoms with Gasteiger partial charge in [-0.05, 0) is 44.9 Å². The molecule has 0 saturated carbocycles. The van der Waals surface area contributed by atoms with E-state index in [9.17, 15) is 4.79 Å². The van der Waals surface area contributed by atoms with Gasteiger partial charge in [0.15, 0.2) is 0 Å². The molecule has 2 aromatic rings. The number of benzene rings is 1. The van der Waals surface area contributed by atoms with Crippen LogP contribution in [0.4, 0.5) is 5.69 Å². The fourth-order valence-electron chi connectivity index (χ4n) is 3.46. The van der Waals surface area contributed by atoms with E-state index < -0.39 is 0 Å². The molecule has 1 aliphatic heterocycles. The van der Waals surface area contributed by atoms with Crippen molar-refractivity contribution in [3.05, 3.63) is 42.2 Å². The van der Waals surface area contributed by atoms with Gasteiger partial charge in [-0.2, -0.15) is 0 Å². The maximum atomic E-state index is 12.8. The molecule has 1 aliphatic rings. The van der Waals surface area contributed by atoms with Gasteiger partial charge in [0.25, 0.3) is 0 Å². The third-order valence-electron chi connectivity index (χ3n) is 5.33. The zero-order valence-electron chi connectivity index (χ0n) is 17.5. The lowest BCUT2D eigenvalue weighted by atomic mass is 10.1. The average Bonchev–Trinajstić information content (AvgIpc) is 2.75. The second kappa shape index (κ2) is 9.60. The number of nitrogens with zero attached hydrogens (tertiary/aromatic N) is 2. The van der Waals surface area contributed by atoms with Gasteiger partial charge in [0, 0.05) is 37.1 Å². The first-order chi connectivity index (χ1) is 14.0. The number of carbonyl (C=O) groups is 1. The average molecular weight is 399 g/mol. The number of likely N-dealkylation sites (tertiary alicyclic amines) is 1. The Kier molecular flexibility index (Phi) is 6.93. The predicted octanol–water partition coefficient (Wildman–Crippen LogP) is 3.28. The first-order valence-corrected chi connectivity index (χ1v) is 9.86. The van der Waals surface area contributed by atoms with Crippen LogP contribution in [0.25, 0.3) is 0 Å². The minimum absolute atomic E-state index is 0.0576. The molecule has 7 heteroatoms. The maximum absolute atomic E-state index is 12.8. The van der Waals surface area contributed by atoms with Gasteiger partial charge in [-0.25, -0.2) is 0 Å². The van der Waals surface area contributed by atoms with Crippen LogP contribution in [0.5, 0.6) is 17.2 Å². The molecule has 29 heavy (non-hydrogen) atoms. The lowest BCUT2D eigenvalue weighted by molar-refractivity contribution is -0.121. The second-order valence-electron chi connectivity index (χ2n) is 7.23. The Morgan fingerprint density at radius 1 is 1.17 bits per heavy atom. The molecule has 7 nitrogen and oxygen atoms in total. The van der Waals surface area contributed by atoms with Crippen LogP contribution in [0.15, 0.2) is 36.7 Å². The number of hydrogen-bond acceptors (Lipinski definition) is 6. The lowest BCUT2D eigenvalue weighted by Gasteiger charge is -2.35. The highest BCUT2D eigenvalue weighted by Crippen LogP contribution is 2.29. The van der Waals surface area contributed by atoms with Crippen molar-refractivity contribution >= 4 is 11.6 Å². The fourth-order valence-corrected chi connectivity index (χ4v) is 3.46. The van der Waals surface area contributed by atoms with E-state index in [1.54, 1.807) is 38.6 Å². The van der Waals surface area contributed by atoms with E-state index in [2.05, 4.69) is 15.2 Å². The molecule has 1 aromatic carbocycles. The van der Waals surface area contributed by atoms with Gasteiger partial charge in [-0.3, -0.25) is 14.7 Å². The molecule has 1 N–H and O–H groups in total. The summed E-state index contributed by atoms with van der Waals surface area (Å²) in [7, 11) is 3.17. The van der Waals surface area contributed by atoms with Gasteiger partial charge in [-0.15, -0.1) is 0 Å². The number of ether oxygens (including phenoxy) is 3. The summed E-state index contributed by atoms with van der Waals surface area (Å²) >= 11 is 0. The summed E-state index contributed by atoms with van der Waals surface area (Å²) in [5.74, 6) is 2.08. The van der Waals surface area contributed by atoms with Crippen LogP contribution in [0.2, 0.25) is 0 Å². The van der Waals surface area contributed by atoms with Crippen molar-refractivity contribution in [2.24, 2.45) is 0 Å². The number of pyridine rings is 1. The van der Waals surface area contributed by atoms with Gasteiger partial charge < -0.3 is 19.5 Å². The first kappa shape index (κ1) is 20.9. The summed E-state index contributed by atoms with van der Waals surface area (Å²) in [6, 6.07) is 7.00. The number of carbonyl (C=O) groups excluding carboxylic acids is 1. The third-order valence-corrected chi connectivity index (χ3v) is 5.33. The molecule has 1 saturated heterocycles. The van der Waals surface area contributed by atoms with Gasteiger partial charge in [0.1, 0.15) is 23.4 Å². The van der Waals surface area contributed by atoms with Gasteiger partial charge in [0.2, 0.25) is 5.91 Å². The molecule has 0 radical (unpaired) electrons. The Hall–Kier alpha value is -2.80. The molecule has 0 bridgehead atoms. The Labute approximate surface area is 172 Å². The quantitative estimate of drug-likeness (QED) is 0.770. The topological polar surface area (TPSA) is 72.9 Å². The summed E-state index contributed by atoms with van der Waals surface area (Å²) in [5.41, 5.74) is 1.67. The number of anilines is 1. The van der Waals surface area contributed by atoms with Gasteiger partial charge in [0.05, 0.1) is 25.9 Å². The molecule has 156 valence electrons. The van der Waals surface area contributed by atoms with Crippen LogP contribution in [-0.4, -0.2) is 55.2 Å². The zero-order valence-corrected chi connectivity index (χ0v) is 17.5. The molecule has 2 heterocycles. The number of aryl methyl sites for hydroxylation is 1. The number of methoxy groups -OCH3 is 2. The Morgan fingerprint density at radius 2 is 1.93 bits per heavy atom. The fraction of sp³-hybridized carbons (Fsp3) is 0.455. The summed E-state index contributed by atoms with van der Waals surface area (Å²) in [6.07, 6.45) is 5.47. The highest BCUT2D eigenvalue weighted by Gasteiger charge is 2.28.